The van der Waals surface area contributed by atoms with Crippen molar-refractivity contribution in [2.24, 2.45) is 0 Å². The van der Waals surface area contributed by atoms with Crippen LogP contribution in [0.25, 0.3) is 0 Å². The second kappa shape index (κ2) is 9.78. The number of carbonyl (C=O) groups is 2. The monoisotopic (exact) mass is 367 g/mol. The molecule has 22 heavy (non-hydrogen) atoms. The summed E-state index contributed by atoms with van der Waals surface area (Å²) in [5, 5.41) is 11.7. The lowest BCUT2D eigenvalue weighted by molar-refractivity contribution is -0.133. The van der Waals surface area contributed by atoms with E-state index in [1.54, 1.807) is 7.11 Å². The van der Waals surface area contributed by atoms with Crippen molar-refractivity contribution < 1.29 is 24.2 Å². The number of halogens is 2. The molecule has 0 spiro atoms. The molecule has 0 saturated carbocycles. The van der Waals surface area contributed by atoms with Gasteiger partial charge in [-0.2, -0.15) is 0 Å². The molecule has 0 saturated heterocycles. The van der Waals surface area contributed by atoms with Crippen LogP contribution in [0.15, 0.2) is 12.1 Å². The highest BCUT2D eigenvalue weighted by atomic mass is 35.5. The fourth-order valence-electron chi connectivity index (χ4n) is 1.39. The number of rotatable bonds is 9. The molecule has 0 aliphatic heterocycles. The Bertz CT molecular complexity index is 541. The van der Waals surface area contributed by atoms with E-state index in [0.29, 0.717) is 29.7 Å². The van der Waals surface area contributed by atoms with E-state index in [-0.39, 0.29) is 22.4 Å². The van der Waals surface area contributed by atoms with Crippen LogP contribution in [-0.4, -0.2) is 48.8 Å². The quantitative estimate of drug-likeness (QED) is 0.652. The number of carbonyl (C=O) groups excluding carboxylic acids is 1. The maximum atomic E-state index is 11.7. The van der Waals surface area contributed by atoms with Crippen molar-refractivity contribution in [3.05, 3.63) is 22.2 Å². The number of benzene rings is 1. The molecule has 0 fully saturated rings. The van der Waals surface area contributed by atoms with Gasteiger partial charge in [0.25, 0.3) is 0 Å². The molecule has 2 N–H and O–H groups in total. The molecule has 0 atom stereocenters. The molecule has 1 amide bonds. The van der Waals surface area contributed by atoms with E-state index in [2.05, 4.69) is 5.32 Å². The number of thioether (sulfide) groups is 1. The summed E-state index contributed by atoms with van der Waals surface area (Å²) in [7, 11) is 1.55. The van der Waals surface area contributed by atoms with Gasteiger partial charge in [-0.05, 0) is 6.07 Å². The number of methoxy groups -OCH3 is 1. The Morgan fingerprint density at radius 2 is 1.95 bits per heavy atom. The van der Waals surface area contributed by atoms with Crippen LogP contribution in [0, 0.1) is 0 Å². The van der Waals surface area contributed by atoms with Crippen LogP contribution in [-0.2, 0) is 14.3 Å². The van der Waals surface area contributed by atoms with Crippen LogP contribution in [0.5, 0.6) is 5.75 Å². The molecular formula is C13H15Cl2NO5S. The van der Waals surface area contributed by atoms with Crippen LogP contribution < -0.4 is 10.1 Å². The summed E-state index contributed by atoms with van der Waals surface area (Å²) in [6.07, 6.45) is 0. The topological polar surface area (TPSA) is 84.9 Å². The van der Waals surface area contributed by atoms with Crippen molar-refractivity contribution in [1.29, 1.82) is 0 Å². The first-order valence-corrected chi connectivity index (χ1v) is 8.05. The van der Waals surface area contributed by atoms with Crippen LogP contribution >= 0.6 is 35.0 Å². The lowest BCUT2D eigenvalue weighted by Gasteiger charge is -2.12. The van der Waals surface area contributed by atoms with Crippen molar-refractivity contribution in [1.82, 2.24) is 0 Å². The molecule has 0 aliphatic carbocycles. The molecule has 0 aliphatic rings. The summed E-state index contributed by atoms with van der Waals surface area (Å²) >= 11 is 13.0. The number of carboxylic acid groups (broad SMARTS) is 1. The number of hydrogen-bond donors (Lipinski definition) is 2. The van der Waals surface area contributed by atoms with Gasteiger partial charge in [-0.15, -0.1) is 11.8 Å². The van der Waals surface area contributed by atoms with Gasteiger partial charge in [0.05, 0.1) is 33.8 Å². The minimum Gasteiger partial charge on any atom is -0.490 e. The fraction of sp³-hybridized carbons (Fsp3) is 0.385. The largest absolute Gasteiger partial charge is 0.490 e. The minimum absolute atomic E-state index is 0.00508. The second-order valence-corrected chi connectivity index (χ2v) is 5.84. The molecule has 1 aromatic carbocycles. The minimum atomic E-state index is -0.976. The summed E-state index contributed by atoms with van der Waals surface area (Å²) in [4.78, 5) is 22.1. The number of aliphatic carboxylic acids is 1. The van der Waals surface area contributed by atoms with Crippen LogP contribution in [0.2, 0.25) is 10.0 Å². The maximum absolute atomic E-state index is 11.7. The molecule has 0 unspecified atom stereocenters. The third-order valence-corrected chi connectivity index (χ3v) is 3.82. The molecule has 0 heterocycles. The zero-order valence-corrected chi connectivity index (χ0v) is 14.1. The third-order valence-electron chi connectivity index (χ3n) is 2.30. The smallest absolute Gasteiger partial charge is 0.313 e. The van der Waals surface area contributed by atoms with E-state index in [4.69, 9.17) is 37.8 Å². The summed E-state index contributed by atoms with van der Waals surface area (Å²) in [5.74, 6) is -1.11. The normalized spacial score (nSPS) is 10.3. The van der Waals surface area contributed by atoms with Crippen LogP contribution in [0.1, 0.15) is 0 Å². The molecular weight excluding hydrogens is 353 g/mol. The Labute approximate surface area is 142 Å². The predicted octanol–water partition coefficient (Wildman–Crippen LogP) is 2.77. The van der Waals surface area contributed by atoms with E-state index < -0.39 is 5.97 Å². The van der Waals surface area contributed by atoms with Gasteiger partial charge in [0, 0.05) is 13.2 Å². The average molecular weight is 368 g/mol. The van der Waals surface area contributed by atoms with Gasteiger partial charge in [-0.25, -0.2) is 0 Å². The summed E-state index contributed by atoms with van der Waals surface area (Å²) < 4.78 is 10.3. The first-order valence-electron chi connectivity index (χ1n) is 6.14. The van der Waals surface area contributed by atoms with E-state index >= 15 is 0 Å². The number of ether oxygens (including phenoxy) is 2. The van der Waals surface area contributed by atoms with Gasteiger partial charge >= 0.3 is 5.97 Å². The molecule has 1 rings (SSSR count). The zero-order valence-electron chi connectivity index (χ0n) is 11.7. The van der Waals surface area contributed by atoms with Crippen molar-refractivity contribution in [3.63, 3.8) is 0 Å². The Kier molecular flexibility index (Phi) is 8.40. The Morgan fingerprint density at radius 3 is 2.59 bits per heavy atom. The van der Waals surface area contributed by atoms with Crippen molar-refractivity contribution in [2.75, 3.05) is 37.1 Å². The third kappa shape index (κ3) is 6.74. The highest BCUT2D eigenvalue weighted by Gasteiger charge is 2.12. The first-order chi connectivity index (χ1) is 10.4. The Morgan fingerprint density at radius 1 is 1.23 bits per heavy atom. The molecule has 1 aromatic rings. The predicted molar refractivity (Wildman–Crippen MR) is 87.4 cm³/mol. The molecule has 122 valence electrons. The first kappa shape index (κ1) is 18.9. The molecule has 0 radical (unpaired) electrons. The zero-order chi connectivity index (χ0) is 16.5. The SMILES string of the molecule is COCCOc1cc(NC(=O)CSCC(=O)O)c(Cl)cc1Cl. The second-order valence-electron chi connectivity index (χ2n) is 4.04. The van der Waals surface area contributed by atoms with Crippen LogP contribution in [0.4, 0.5) is 5.69 Å². The van der Waals surface area contributed by atoms with Gasteiger partial charge < -0.3 is 19.9 Å². The van der Waals surface area contributed by atoms with E-state index in [1.165, 1.54) is 12.1 Å². The lowest BCUT2D eigenvalue weighted by Crippen LogP contribution is -2.16. The number of hydrogen-bond acceptors (Lipinski definition) is 5. The number of carboxylic acids is 1. The van der Waals surface area contributed by atoms with Gasteiger partial charge in [-0.3, -0.25) is 9.59 Å². The Hall–Kier alpha value is -1.15. The molecule has 6 nitrogen and oxygen atoms in total. The van der Waals surface area contributed by atoms with E-state index in [1.807, 2.05) is 0 Å². The highest BCUT2D eigenvalue weighted by molar-refractivity contribution is 8.00. The highest BCUT2D eigenvalue weighted by Crippen LogP contribution is 2.34. The molecule has 0 aromatic heterocycles. The fourth-order valence-corrected chi connectivity index (χ4v) is 2.41. The lowest BCUT2D eigenvalue weighted by atomic mass is 10.3. The van der Waals surface area contributed by atoms with E-state index in [0.717, 1.165) is 11.8 Å². The number of anilines is 1. The summed E-state index contributed by atoms with van der Waals surface area (Å²) in [6, 6.07) is 2.98. The van der Waals surface area contributed by atoms with E-state index in [9.17, 15) is 9.59 Å². The molecule has 9 heteroatoms. The molecule has 0 bridgehead atoms. The number of nitrogens with one attached hydrogen (secondary N) is 1. The average Bonchev–Trinajstić information content (AvgIpc) is 2.43. The Balaban J connectivity index is 2.66. The van der Waals surface area contributed by atoms with Gasteiger partial charge in [0.1, 0.15) is 12.4 Å². The standard InChI is InChI=1S/C13H15Cl2NO5S/c1-20-2-3-21-11-5-10(8(14)4-9(11)15)16-12(17)6-22-7-13(18)19/h4-5H,2-3,6-7H2,1H3,(H,16,17)(H,18,19). The number of amides is 1. The van der Waals surface area contributed by atoms with Crippen LogP contribution in [0.3, 0.4) is 0 Å². The van der Waals surface area contributed by atoms with Gasteiger partial charge in [0.15, 0.2) is 0 Å². The summed E-state index contributed by atoms with van der Waals surface area (Å²) in [5.41, 5.74) is 0.347. The van der Waals surface area contributed by atoms with Crippen molar-refractivity contribution in [3.8, 4) is 5.75 Å². The van der Waals surface area contributed by atoms with Crippen molar-refractivity contribution in [2.45, 2.75) is 0 Å². The van der Waals surface area contributed by atoms with Crippen molar-refractivity contribution >= 4 is 52.5 Å². The summed E-state index contributed by atoms with van der Waals surface area (Å²) in [6.45, 7) is 0.701. The van der Waals surface area contributed by atoms with Gasteiger partial charge in [0.2, 0.25) is 5.91 Å². The van der Waals surface area contributed by atoms with Gasteiger partial charge in [-0.1, -0.05) is 23.2 Å². The maximum Gasteiger partial charge on any atom is 0.313 e.